The van der Waals surface area contributed by atoms with Gasteiger partial charge in [0.2, 0.25) is 0 Å². The van der Waals surface area contributed by atoms with Crippen molar-refractivity contribution in [2.24, 2.45) is 0 Å². The first-order valence-corrected chi connectivity index (χ1v) is 8.00. The molecule has 0 aromatic heterocycles. The van der Waals surface area contributed by atoms with Crippen LogP contribution in [0.3, 0.4) is 0 Å². The van der Waals surface area contributed by atoms with Crippen molar-refractivity contribution in [3.05, 3.63) is 34.7 Å². The predicted molar refractivity (Wildman–Crippen MR) is 83.8 cm³/mol. The maximum atomic E-state index is 12.0. The number of benzene rings is 1. The second-order valence-corrected chi connectivity index (χ2v) is 6.25. The summed E-state index contributed by atoms with van der Waals surface area (Å²) in [6, 6.07) is 8.14. The average molecular weight is 295 g/mol. The van der Waals surface area contributed by atoms with Crippen LogP contribution in [0.2, 0.25) is 0 Å². The Labute approximate surface area is 121 Å². The van der Waals surface area contributed by atoms with Gasteiger partial charge < -0.3 is 0 Å². The first-order chi connectivity index (χ1) is 8.65. The maximum Gasteiger partial charge on any atom is 0.266 e. The van der Waals surface area contributed by atoms with Gasteiger partial charge in [0, 0.05) is 11.4 Å². The van der Waals surface area contributed by atoms with Crippen molar-refractivity contribution in [3.63, 3.8) is 0 Å². The Hall–Kier alpha value is -0.780. The first-order valence-electron chi connectivity index (χ1n) is 5.55. The number of thioether (sulfide) groups is 2. The van der Waals surface area contributed by atoms with Crippen LogP contribution in [0.1, 0.15) is 12.5 Å². The van der Waals surface area contributed by atoms with Gasteiger partial charge in [0.15, 0.2) is 0 Å². The topological polar surface area (TPSA) is 20.3 Å². The molecule has 0 unspecified atom stereocenters. The van der Waals surface area contributed by atoms with E-state index in [9.17, 15) is 4.79 Å². The molecule has 1 aromatic rings. The van der Waals surface area contributed by atoms with E-state index in [1.807, 2.05) is 31.4 Å². The van der Waals surface area contributed by atoms with E-state index in [-0.39, 0.29) is 5.91 Å². The van der Waals surface area contributed by atoms with Crippen molar-refractivity contribution in [2.75, 3.05) is 12.8 Å². The third kappa shape index (κ3) is 2.79. The van der Waals surface area contributed by atoms with Crippen LogP contribution in [0.4, 0.5) is 0 Å². The SMILES string of the molecule is CCN1C(=O)C(=Cc2ccc(SC)cc2)SC1=S. The molecule has 1 aromatic carbocycles. The van der Waals surface area contributed by atoms with E-state index < -0.39 is 0 Å². The summed E-state index contributed by atoms with van der Waals surface area (Å²) in [5, 5.41) is 0. The smallest absolute Gasteiger partial charge is 0.266 e. The second kappa shape index (κ2) is 5.91. The van der Waals surface area contributed by atoms with Gasteiger partial charge in [-0.25, -0.2) is 0 Å². The molecular formula is C13H13NOS3. The Bertz CT molecular complexity index is 507. The van der Waals surface area contributed by atoms with Gasteiger partial charge in [-0.3, -0.25) is 9.69 Å². The lowest BCUT2D eigenvalue weighted by Crippen LogP contribution is -2.27. The minimum atomic E-state index is 0.0152. The van der Waals surface area contributed by atoms with Crippen LogP contribution in [0.5, 0.6) is 0 Å². The highest BCUT2D eigenvalue weighted by Gasteiger charge is 2.30. The van der Waals surface area contributed by atoms with Crippen LogP contribution in [0.15, 0.2) is 34.1 Å². The number of likely N-dealkylation sites (N-methyl/N-ethyl adjacent to an activating group) is 1. The normalized spacial score (nSPS) is 17.9. The summed E-state index contributed by atoms with van der Waals surface area (Å²) >= 11 is 8.25. The summed E-state index contributed by atoms with van der Waals surface area (Å²) in [6.45, 7) is 2.56. The molecule has 0 saturated carbocycles. The van der Waals surface area contributed by atoms with Crippen molar-refractivity contribution >= 4 is 52.0 Å². The van der Waals surface area contributed by atoms with Crippen LogP contribution in [0.25, 0.3) is 6.08 Å². The van der Waals surface area contributed by atoms with Crippen LogP contribution in [0, 0.1) is 0 Å². The summed E-state index contributed by atoms with van der Waals surface area (Å²) in [7, 11) is 0. The van der Waals surface area contributed by atoms with Crippen LogP contribution in [-0.4, -0.2) is 27.9 Å². The van der Waals surface area contributed by atoms with Gasteiger partial charge in [-0.15, -0.1) is 11.8 Å². The molecule has 1 amide bonds. The molecule has 1 saturated heterocycles. The zero-order chi connectivity index (χ0) is 13.1. The molecule has 5 heteroatoms. The minimum Gasteiger partial charge on any atom is -0.293 e. The Balaban J connectivity index is 2.23. The van der Waals surface area contributed by atoms with Gasteiger partial charge in [0.05, 0.1) is 4.91 Å². The first kappa shape index (κ1) is 13.6. The molecule has 0 aliphatic carbocycles. The lowest BCUT2D eigenvalue weighted by molar-refractivity contribution is -0.121. The molecule has 94 valence electrons. The molecule has 1 aliphatic rings. The van der Waals surface area contributed by atoms with E-state index in [1.165, 1.54) is 16.7 Å². The number of hydrogen-bond acceptors (Lipinski definition) is 4. The summed E-state index contributed by atoms with van der Waals surface area (Å²) in [5.41, 5.74) is 1.03. The van der Waals surface area contributed by atoms with E-state index in [0.717, 1.165) is 5.56 Å². The third-order valence-corrected chi connectivity index (χ3v) is 4.72. The van der Waals surface area contributed by atoms with Gasteiger partial charge in [-0.2, -0.15) is 0 Å². The summed E-state index contributed by atoms with van der Waals surface area (Å²) in [6.07, 6.45) is 3.94. The number of rotatable bonds is 3. The van der Waals surface area contributed by atoms with Gasteiger partial charge >= 0.3 is 0 Å². The quantitative estimate of drug-likeness (QED) is 0.482. The summed E-state index contributed by atoms with van der Waals surface area (Å²) in [5.74, 6) is 0.0152. The van der Waals surface area contributed by atoms with E-state index in [4.69, 9.17) is 12.2 Å². The third-order valence-electron chi connectivity index (χ3n) is 2.60. The van der Waals surface area contributed by atoms with Crippen molar-refractivity contribution in [1.29, 1.82) is 0 Å². The molecule has 0 N–H and O–H groups in total. The fraction of sp³-hybridized carbons (Fsp3) is 0.231. The van der Waals surface area contributed by atoms with Gasteiger partial charge in [0.25, 0.3) is 5.91 Å². The molecule has 18 heavy (non-hydrogen) atoms. The molecule has 1 fully saturated rings. The highest BCUT2D eigenvalue weighted by molar-refractivity contribution is 8.26. The Morgan fingerprint density at radius 2 is 2.06 bits per heavy atom. The van der Waals surface area contributed by atoms with Crippen molar-refractivity contribution in [1.82, 2.24) is 4.90 Å². The molecule has 0 bridgehead atoms. The number of thiocarbonyl (C=S) groups is 1. The fourth-order valence-corrected chi connectivity index (χ4v) is 3.42. The molecule has 0 spiro atoms. The van der Waals surface area contributed by atoms with E-state index in [0.29, 0.717) is 15.8 Å². The summed E-state index contributed by atoms with van der Waals surface area (Å²) in [4.78, 5) is 15.6. The number of carbonyl (C=O) groups is 1. The Morgan fingerprint density at radius 1 is 1.39 bits per heavy atom. The van der Waals surface area contributed by atoms with Crippen molar-refractivity contribution in [2.45, 2.75) is 11.8 Å². The monoisotopic (exact) mass is 295 g/mol. The molecule has 0 radical (unpaired) electrons. The standard InChI is InChI=1S/C13H13NOS3/c1-3-14-12(15)11(18-13(14)16)8-9-4-6-10(17-2)7-5-9/h4-8H,3H2,1-2H3. The zero-order valence-electron chi connectivity index (χ0n) is 10.2. The van der Waals surface area contributed by atoms with Crippen LogP contribution >= 0.6 is 35.7 Å². The fourth-order valence-electron chi connectivity index (χ4n) is 1.62. The van der Waals surface area contributed by atoms with Crippen molar-refractivity contribution in [3.8, 4) is 0 Å². The number of carbonyl (C=O) groups excluding carboxylic acids is 1. The van der Waals surface area contributed by atoms with Crippen molar-refractivity contribution < 1.29 is 4.79 Å². The van der Waals surface area contributed by atoms with E-state index >= 15 is 0 Å². The largest absolute Gasteiger partial charge is 0.293 e. The number of amides is 1. The number of nitrogens with zero attached hydrogens (tertiary/aromatic N) is 1. The average Bonchev–Trinajstić information content (AvgIpc) is 2.65. The number of hydrogen-bond donors (Lipinski definition) is 0. The van der Waals surface area contributed by atoms with Crippen LogP contribution in [-0.2, 0) is 4.79 Å². The highest BCUT2D eigenvalue weighted by Crippen LogP contribution is 2.32. The molecule has 2 nitrogen and oxygen atoms in total. The van der Waals surface area contributed by atoms with E-state index in [2.05, 4.69) is 12.1 Å². The van der Waals surface area contributed by atoms with Gasteiger partial charge in [0.1, 0.15) is 4.32 Å². The second-order valence-electron chi connectivity index (χ2n) is 3.70. The molecule has 0 atom stereocenters. The summed E-state index contributed by atoms with van der Waals surface area (Å²) < 4.78 is 0.648. The zero-order valence-corrected chi connectivity index (χ0v) is 12.6. The maximum absolute atomic E-state index is 12.0. The van der Waals surface area contributed by atoms with Gasteiger partial charge in [-0.05, 0) is 37.0 Å². The van der Waals surface area contributed by atoms with E-state index in [1.54, 1.807) is 16.7 Å². The minimum absolute atomic E-state index is 0.0152. The molecule has 1 aliphatic heterocycles. The molecular weight excluding hydrogens is 282 g/mol. The lowest BCUT2D eigenvalue weighted by Gasteiger charge is -2.09. The van der Waals surface area contributed by atoms with Crippen LogP contribution < -0.4 is 0 Å². The Kier molecular flexibility index (Phi) is 4.48. The highest BCUT2D eigenvalue weighted by atomic mass is 32.2. The lowest BCUT2D eigenvalue weighted by atomic mass is 10.2. The molecule has 2 rings (SSSR count). The van der Waals surface area contributed by atoms with Gasteiger partial charge in [-0.1, -0.05) is 36.1 Å². The Morgan fingerprint density at radius 3 is 2.56 bits per heavy atom. The predicted octanol–water partition coefficient (Wildman–Crippen LogP) is 3.63. The molecule has 1 heterocycles.